The molecule has 0 amide bonds. The lowest BCUT2D eigenvalue weighted by atomic mass is 9.81. The minimum atomic E-state index is 0.0716. The standard InChI is InChI=1S/C19H20N2O/c1-4-7-17(20-3)12-15-10-14(2)11-16(19(15)22)13-18-8-5-6-9-21-18/h4-9,12-14H,1,3,10-11H2,2H3/b15-12+,16-13+,17-7-. The zero-order chi connectivity index (χ0) is 15.9. The SMILES string of the molecule is C=C/C=C(/C=C1\CC(C)C/C(=C\c2ccccn2)C1=O)N=C. The van der Waals surface area contributed by atoms with Crippen LogP contribution in [0.25, 0.3) is 6.08 Å². The zero-order valence-electron chi connectivity index (χ0n) is 12.8. The second-order valence-electron chi connectivity index (χ2n) is 5.42. The summed E-state index contributed by atoms with van der Waals surface area (Å²) in [6, 6.07) is 5.68. The maximum absolute atomic E-state index is 12.7. The van der Waals surface area contributed by atoms with E-state index in [-0.39, 0.29) is 5.78 Å². The van der Waals surface area contributed by atoms with Gasteiger partial charge in [-0.2, -0.15) is 0 Å². The molecule has 3 heteroatoms. The smallest absolute Gasteiger partial charge is 0.185 e. The third-order valence-electron chi connectivity index (χ3n) is 3.52. The minimum Gasteiger partial charge on any atom is -0.289 e. The summed E-state index contributed by atoms with van der Waals surface area (Å²) in [7, 11) is 0. The Morgan fingerprint density at radius 2 is 2.14 bits per heavy atom. The Morgan fingerprint density at radius 1 is 1.36 bits per heavy atom. The fraction of sp³-hybridized carbons (Fsp3) is 0.211. The lowest BCUT2D eigenvalue weighted by Crippen LogP contribution is -2.18. The summed E-state index contributed by atoms with van der Waals surface area (Å²) >= 11 is 0. The molecule has 1 aromatic heterocycles. The number of Topliss-reactive ketones (excluding diaryl/α,β-unsaturated/α-hetero) is 1. The maximum atomic E-state index is 12.7. The molecule has 1 fully saturated rings. The van der Waals surface area contributed by atoms with E-state index in [0.29, 0.717) is 11.6 Å². The average molecular weight is 292 g/mol. The Kier molecular flexibility index (Phi) is 5.37. The van der Waals surface area contributed by atoms with Crippen LogP contribution < -0.4 is 0 Å². The molecule has 112 valence electrons. The first-order valence-corrected chi connectivity index (χ1v) is 7.30. The Balaban J connectivity index is 2.35. The van der Waals surface area contributed by atoms with Crippen LogP contribution in [0.2, 0.25) is 0 Å². The van der Waals surface area contributed by atoms with Crippen LogP contribution in [0.3, 0.4) is 0 Å². The molecular weight excluding hydrogens is 272 g/mol. The first-order chi connectivity index (χ1) is 10.6. The largest absolute Gasteiger partial charge is 0.289 e. The molecule has 0 radical (unpaired) electrons. The molecular formula is C19H20N2O. The van der Waals surface area contributed by atoms with Crippen molar-refractivity contribution in [1.82, 2.24) is 4.98 Å². The van der Waals surface area contributed by atoms with E-state index < -0.39 is 0 Å². The van der Waals surface area contributed by atoms with Crippen LogP contribution in [0, 0.1) is 5.92 Å². The number of carbonyl (C=O) groups excluding carboxylic acids is 1. The van der Waals surface area contributed by atoms with Gasteiger partial charge in [-0.15, -0.1) is 0 Å². The summed E-state index contributed by atoms with van der Waals surface area (Å²) in [6.45, 7) is 9.32. The number of hydrogen-bond acceptors (Lipinski definition) is 3. The van der Waals surface area contributed by atoms with Gasteiger partial charge < -0.3 is 0 Å². The van der Waals surface area contributed by atoms with Gasteiger partial charge in [0.1, 0.15) is 0 Å². The number of rotatable bonds is 4. The van der Waals surface area contributed by atoms with Gasteiger partial charge in [0.05, 0.1) is 11.4 Å². The van der Waals surface area contributed by atoms with Crippen molar-refractivity contribution < 1.29 is 4.79 Å². The summed E-state index contributed by atoms with van der Waals surface area (Å²) in [5.41, 5.74) is 3.03. The van der Waals surface area contributed by atoms with Gasteiger partial charge >= 0.3 is 0 Å². The van der Waals surface area contributed by atoms with Crippen molar-refractivity contribution in [2.24, 2.45) is 10.9 Å². The molecule has 0 bridgehead atoms. The molecule has 1 aliphatic rings. The third-order valence-corrected chi connectivity index (χ3v) is 3.52. The predicted octanol–water partition coefficient (Wildman–Crippen LogP) is 4.16. The number of carbonyl (C=O) groups is 1. The molecule has 0 saturated heterocycles. The molecule has 1 saturated carbocycles. The van der Waals surface area contributed by atoms with Gasteiger partial charge in [0.2, 0.25) is 0 Å². The van der Waals surface area contributed by atoms with Crippen LogP contribution in [0.1, 0.15) is 25.5 Å². The monoisotopic (exact) mass is 292 g/mol. The van der Waals surface area contributed by atoms with E-state index in [9.17, 15) is 4.79 Å². The highest BCUT2D eigenvalue weighted by molar-refractivity contribution is 6.11. The van der Waals surface area contributed by atoms with Crippen molar-refractivity contribution in [2.75, 3.05) is 0 Å². The van der Waals surface area contributed by atoms with E-state index in [0.717, 1.165) is 29.7 Å². The van der Waals surface area contributed by atoms with Crippen molar-refractivity contribution in [2.45, 2.75) is 19.8 Å². The van der Waals surface area contributed by atoms with Crippen LogP contribution in [0.15, 0.2) is 71.0 Å². The Labute approximate surface area is 131 Å². The van der Waals surface area contributed by atoms with Gasteiger partial charge in [-0.05, 0) is 55.8 Å². The van der Waals surface area contributed by atoms with Crippen LogP contribution in [-0.4, -0.2) is 17.5 Å². The second-order valence-corrected chi connectivity index (χ2v) is 5.42. The molecule has 1 heterocycles. The Hall–Kier alpha value is -2.55. The fourth-order valence-corrected chi connectivity index (χ4v) is 2.55. The first kappa shape index (κ1) is 15.8. The summed E-state index contributed by atoms with van der Waals surface area (Å²) < 4.78 is 0. The normalized spacial score (nSPS) is 22.9. The molecule has 1 aromatic rings. The van der Waals surface area contributed by atoms with E-state index >= 15 is 0 Å². The molecule has 3 nitrogen and oxygen atoms in total. The van der Waals surface area contributed by atoms with Crippen molar-refractivity contribution >= 4 is 18.6 Å². The molecule has 0 aliphatic heterocycles. The Bertz CT molecular complexity index is 666. The molecule has 1 unspecified atom stereocenters. The summed E-state index contributed by atoms with van der Waals surface area (Å²) in [5, 5.41) is 0. The minimum absolute atomic E-state index is 0.0716. The highest BCUT2D eigenvalue weighted by Gasteiger charge is 2.25. The van der Waals surface area contributed by atoms with E-state index in [1.165, 1.54) is 0 Å². The topological polar surface area (TPSA) is 42.3 Å². The molecule has 0 aromatic carbocycles. The average Bonchev–Trinajstić information content (AvgIpc) is 2.52. The molecule has 22 heavy (non-hydrogen) atoms. The summed E-state index contributed by atoms with van der Waals surface area (Å²) in [6.07, 6.45) is 10.3. The predicted molar refractivity (Wildman–Crippen MR) is 91.5 cm³/mol. The number of pyridine rings is 1. The number of aliphatic imine (C=N–C) groups is 1. The number of aromatic nitrogens is 1. The molecule has 2 rings (SSSR count). The van der Waals surface area contributed by atoms with Gasteiger partial charge in [-0.1, -0.05) is 25.6 Å². The van der Waals surface area contributed by atoms with Gasteiger partial charge in [0.15, 0.2) is 5.78 Å². The molecule has 1 aliphatic carbocycles. The van der Waals surface area contributed by atoms with E-state index in [1.807, 2.05) is 24.3 Å². The number of allylic oxidation sites excluding steroid dienone is 5. The summed E-state index contributed by atoms with van der Waals surface area (Å²) in [4.78, 5) is 20.8. The van der Waals surface area contributed by atoms with Crippen molar-refractivity contribution in [3.63, 3.8) is 0 Å². The lowest BCUT2D eigenvalue weighted by Gasteiger charge is -2.22. The highest BCUT2D eigenvalue weighted by Crippen LogP contribution is 2.31. The molecule has 0 N–H and O–H groups in total. The number of hydrogen-bond donors (Lipinski definition) is 0. The van der Waals surface area contributed by atoms with Crippen LogP contribution in [-0.2, 0) is 4.79 Å². The summed E-state index contributed by atoms with van der Waals surface area (Å²) in [5.74, 6) is 0.482. The fourth-order valence-electron chi connectivity index (χ4n) is 2.55. The van der Waals surface area contributed by atoms with Crippen molar-refractivity contribution in [3.8, 4) is 0 Å². The number of nitrogens with zero attached hydrogens (tertiary/aromatic N) is 2. The van der Waals surface area contributed by atoms with Gasteiger partial charge in [0, 0.05) is 17.3 Å². The van der Waals surface area contributed by atoms with E-state index in [1.54, 1.807) is 24.4 Å². The number of ketones is 1. The molecule has 0 spiro atoms. The highest BCUT2D eigenvalue weighted by atomic mass is 16.1. The van der Waals surface area contributed by atoms with Crippen LogP contribution in [0.5, 0.6) is 0 Å². The van der Waals surface area contributed by atoms with Crippen molar-refractivity contribution in [3.05, 3.63) is 71.7 Å². The van der Waals surface area contributed by atoms with Crippen LogP contribution in [0.4, 0.5) is 0 Å². The van der Waals surface area contributed by atoms with Crippen molar-refractivity contribution in [1.29, 1.82) is 0 Å². The lowest BCUT2D eigenvalue weighted by molar-refractivity contribution is -0.113. The second kappa shape index (κ2) is 7.46. The molecule has 1 atom stereocenters. The quantitative estimate of drug-likeness (QED) is 0.475. The van der Waals surface area contributed by atoms with Gasteiger partial charge in [-0.3, -0.25) is 14.8 Å². The first-order valence-electron chi connectivity index (χ1n) is 7.30. The maximum Gasteiger partial charge on any atom is 0.185 e. The third kappa shape index (κ3) is 3.98. The van der Waals surface area contributed by atoms with Gasteiger partial charge in [-0.25, -0.2) is 0 Å². The van der Waals surface area contributed by atoms with E-state index in [2.05, 4.69) is 30.2 Å². The van der Waals surface area contributed by atoms with Gasteiger partial charge in [0.25, 0.3) is 0 Å². The Morgan fingerprint density at radius 3 is 2.77 bits per heavy atom. The zero-order valence-corrected chi connectivity index (χ0v) is 12.8. The van der Waals surface area contributed by atoms with E-state index in [4.69, 9.17) is 0 Å². The van der Waals surface area contributed by atoms with Crippen LogP contribution >= 0.6 is 0 Å².